The molecule has 1 aromatic carbocycles. The minimum absolute atomic E-state index is 0.239. The Morgan fingerprint density at radius 3 is 2.22 bits per heavy atom. The second-order valence-corrected chi connectivity index (χ2v) is 4.69. The van der Waals surface area contributed by atoms with Gasteiger partial charge in [0.1, 0.15) is 17.6 Å². The van der Waals surface area contributed by atoms with Crippen LogP contribution >= 0.6 is 34.8 Å². The van der Waals surface area contributed by atoms with Crippen LogP contribution in [0.4, 0.5) is 5.82 Å². The fraction of sp³-hybridized carbons (Fsp3) is 0. The fourth-order valence-corrected chi connectivity index (χ4v) is 2.09. The molecule has 0 aliphatic carbocycles. The van der Waals surface area contributed by atoms with Gasteiger partial charge in [0.15, 0.2) is 0 Å². The minimum Gasteiger partial charge on any atom is -0.383 e. The normalized spacial score (nSPS) is 10.1. The van der Waals surface area contributed by atoms with Gasteiger partial charge in [0, 0.05) is 5.56 Å². The van der Waals surface area contributed by atoms with Gasteiger partial charge in [0.05, 0.1) is 15.1 Å². The lowest BCUT2D eigenvalue weighted by molar-refractivity contribution is 1.27. The number of aromatic nitrogens is 1. The molecule has 1 heterocycles. The number of nitrogen functional groups attached to an aromatic ring is 1. The highest BCUT2D eigenvalue weighted by molar-refractivity contribution is 6.48. The summed E-state index contributed by atoms with van der Waals surface area (Å²) in [6.07, 6.45) is 0. The van der Waals surface area contributed by atoms with Gasteiger partial charge in [-0.1, -0.05) is 34.8 Å². The van der Waals surface area contributed by atoms with Crippen LogP contribution < -0.4 is 5.73 Å². The minimum atomic E-state index is 0.239. The summed E-state index contributed by atoms with van der Waals surface area (Å²) < 4.78 is 0. The number of hydrogen-bond donors (Lipinski definition) is 1. The third-order valence-electron chi connectivity index (χ3n) is 2.33. The van der Waals surface area contributed by atoms with Gasteiger partial charge in [-0.15, -0.1) is 0 Å². The standard InChI is InChI=1S/C12H6Cl3N3/c13-9-3-6(4-10(14)11(9)15)8-2-1-7(5-16)18-12(8)17/h1-4H,(H2,17,18). The zero-order valence-corrected chi connectivity index (χ0v) is 11.2. The number of hydrogen-bond acceptors (Lipinski definition) is 3. The molecule has 0 aliphatic rings. The molecule has 18 heavy (non-hydrogen) atoms. The topological polar surface area (TPSA) is 62.7 Å². The molecule has 1 aromatic heterocycles. The maximum Gasteiger partial charge on any atom is 0.142 e. The summed E-state index contributed by atoms with van der Waals surface area (Å²) in [5, 5.41) is 9.69. The van der Waals surface area contributed by atoms with Crippen LogP contribution in [0.15, 0.2) is 24.3 Å². The third-order valence-corrected chi connectivity index (χ3v) is 3.53. The molecule has 0 amide bonds. The van der Waals surface area contributed by atoms with E-state index >= 15 is 0 Å². The Labute approximate surface area is 119 Å². The Morgan fingerprint density at radius 2 is 1.72 bits per heavy atom. The van der Waals surface area contributed by atoms with Crippen molar-refractivity contribution < 1.29 is 0 Å². The molecule has 0 radical (unpaired) electrons. The largest absolute Gasteiger partial charge is 0.383 e. The molecule has 0 spiro atoms. The number of benzene rings is 1. The van der Waals surface area contributed by atoms with E-state index < -0.39 is 0 Å². The number of nitrogens with zero attached hydrogens (tertiary/aromatic N) is 2. The monoisotopic (exact) mass is 297 g/mol. The molecule has 0 unspecified atom stereocenters. The van der Waals surface area contributed by atoms with Crippen molar-refractivity contribution in [1.82, 2.24) is 4.98 Å². The van der Waals surface area contributed by atoms with Gasteiger partial charge in [-0.2, -0.15) is 5.26 Å². The van der Waals surface area contributed by atoms with E-state index in [2.05, 4.69) is 4.98 Å². The van der Waals surface area contributed by atoms with Crippen molar-refractivity contribution in [2.45, 2.75) is 0 Å². The lowest BCUT2D eigenvalue weighted by Gasteiger charge is -2.08. The average Bonchev–Trinajstić information content (AvgIpc) is 2.35. The summed E-state index contributed by atoms with van der Waals surface area (Å²) in [6.45, 7) is 0. The van der Waals surface area contributed by atoms with Gasteiger partial charge in [-0.05, 0) is 29.8 Å². The first-order valence-corrected chi connectivity index (χ1v) is 5.98. The first kappa shape index (κ1) is 13.0. The zero-order chi connectivity index (χ0) is 13.3. The average molecular weight is 299 g/mol. The van der Waals surface area contributed by atoms with Gasteiger partial charge in [-0.3, -0.25) is 0 Å². The molecule has 0 fully saturated rings. The molecule has 0 saturated carbocycles. The maximum absolute atomic E-state index is 8.72. The lowest BCUT2D eigenvalue weighted by atomic mass is 10.1. The highest BCUT2D eigenvalue weighted by Gasteiger charge is 2.10. The molecule has 0 bridgehead atoms. The predicted molar refractivity (Wildman–Crippen MR) is 73.8 cm³/mol. The van der Waals surface area contributed by atoms with Crippen molar-refractivity contribution >= 4 is 40.6 Å². The van der Waals surface area contributed by atoms with E-state index in [1.54, 1.807) is 24.3 Å². The molecular weight excluding hydrogens is 293 g/mol. The van der Waals surface area contributed by atoms with Crippen LogP contribution in [-0.2, 0) is 0 Å². The first-order valence-electron chi connectivity index (χ1n) is 4.84. The molecule has 6 heteroatoms. The van der Waals surface area contributed by atoms with Crippen molar-refractivity contribution in [2.75, 3.05) is 5.73 Å². The van der Waals surface area contributed by atoms with E-state index in [-0.39, 0.29) is 11.5 Å². The zero-order valence-electron chi connectivity index (χ0n) is 8.92. The Hall–Kier alpha value is -1.47. The van der Waals surface area contributed by atoms with Gasteiger partial charge in [0.25, 0.3) is 0 Å². The van der Waals surface area contributed by atoms with Crippen LogP contribution in [-0.4, -0.2) is 4.98 Å². The van der Waals surface area contributed by atoms with Crippen molar-refractivity contribution in [1.29, 1.82) is 5.26 Å². The lowest BCUT2D eigenvalue weighted by Crippen LogP contribution is -1.96. The molecule has 2 rings (SSSR count). The van der Waals surface area contributed by atoms with Gasteiger partial charge in [0.2, 0.25) is 0 Å². The fourth-order valence-electron chi connectivity index (χ4n) is 1.49. The molecule has 0 atom stereocenters. The second-order valence-electron chi connectivity index (χ2n) is 3.49. The van der Waals surface area contributed by atoms with Gasteiger partial charge >= 0.3 is 0 Å². The van der Waals surface area contributed by atoms with Crippen molar-refractivity contribution in [3.05, 3.63) is 45.0 Å². The highest BCUT2D eigenvalue weighted by Crippen LogP contribution is 2.36. The van der Waals surface area contributed by atoms with E-state index in [4.69, 9.17) is 45.8 Å². The molecule has 2 N–H and O–H groups in total. The molecule has 3 nitrogen and oxygen atoms in total. The van der Waals surface area contributed by atoms with Crippen molar-refractivity contribution in [2.24, 2.45) is 0 Å². The van der Waals surface area contributed by atoms with Gasteiger partial charge in [-0.25, -0.2) is 4.98 Å². The number of anilines is 1. The summed E-state index contributed by atoms with van der Waals surface area (Å²) in [5.41, 5.74) is 7.38. The first-order chi connectivity index (χ1) is 8.52. The van der Waals surface area contributed by atoms with Crippen LogP contribution in [0, 0.1) is 11.3 Å². The molecular formula is C12H6Cl3N3. The van der Waals surface area contributed by atoms with E-state index in [0.29, 0.717) is 26.2 Å². The number of nitriles is 1. The third kappa shape index (κ3) is 2.37. The van der Waals surface area contributed by atoms with E-state index in [1.165, 1.54) is 0 Å². The van der Waals surface area contributed by atoms with Crippen LogP contribution in [0.2, 0.25) is 15.1 Å². The molecule has 90 valence electrons. The second kappa shape index (κ2) is 5.03. The molecule has 2 aromatic rings. The van der Waals surface area contributed by atoms with Crippen LogP contribution in [0.5, 0.6) is 0 Å². The number of rotatable bonds is 1. The SMILES string of the molecule is N#Cc1ccc(-c2cc(Cl)c(Cl)c(Cl)c2)c(N)n1. The molecule has 0 saturated heterocycles. The van der Waals surface area contributed by atoms with Crippen molar-refractivity contribution in [3.8, 4) is 17.2 Å². The Balaban J connectivity index is 2.60. The van der Waals surface area contributed by atoms with E-state index in [9.17, 15) is 0 Å². The van der Waals surface area contributed by atoms with E-state index in [0.717, 1.165) is 0 Å². The van der Waals surface area contributed by atoms with Crippen LogP contribution in [0.25, 0.3) is 11.1 Å². The summed E-state index contributed by atoms with van der Waals surface area (Å²) in [5.74, 6) is 0.239. The van der Waals surface area contributed by atoms with Crippen molar-refractivity contribution in [3.63, 3.8) is 0 Å². The summed E-state index contributed by atoms with van der Waals surface area (Å²) in [4.78, 5) is 3.95. The summed E-state index contributed by atoms with van der Waals surface area (Å²) in [6, 6.07) is 8.47. The van der Waals surface area contributed by atoms with E-state index in [1.807, 2.05) is 6.07 Å². The molecule has 0 aliphatic heterocycles. The summed E-state index contributed by atoms with van der Waals surface area (Å²) in [7, 11) is 0. The number of pyridine rings is 1. The smallest absolute Gasteiger partial charge is 0.142 e. The van der Waals surface area contributed by atoms with Crippen LogP contribution in [0.1, 0.15) is 5.69 Å². The number of halogens is 3. The Kier molecular flexibility index (Phi) is 3.63. The highest BCUT2D eigenvalue weighted by atomic mass is 35.5. The summed E-state index contributed by atoms with van der Waals surface area (Å²) >= 11 is 17.8. The predicted octanol–water partition coefficient (Wildman–Crippen LogP) is 4.16. The van der Waals surface area contributed by atoms with Gasteiger partial charge < -0.3 is 5.73 Å². The maximum atomic E-state index is 8.72. The number of nitrogens with two attached hydrogens (primary N) is 1. The quantitative estimate of drug-likeness (QED) is 0.804. The van der Waals surface area contributed by atoms with Crippen LogP contribution in [0.3, 0.4) is 0 Å². The Bertz CT molecular complexity index is 639. The Morgan fingerprint density at radius 1 is 1.11 bits per heavy atom.